The zero-order valence-corrected chi connectivity index (χ0v) is 20.5. The molecule has 0 saturated carbocycles. The van der Waals surface area contributed by atoms with Gasteiger partial charge in [0.05, 0.1) is 5.56 Å². The molecule has 1 atom stereocenters. The summed E-state index contributed by atoms with van der Waals surface area (Å²) in [5.74, 6) is 2.00. The number of anilines is 1. The highest BCUT2D eigenvalue weighted by Crippen LogP contribution is 2.25. The molecule has 0 bridgehead atoms. The number of benzene rings is 2. The fourth-order valence-electron chi connectivity index (χ4n) is 3.13. The van der Waals surface area contributed by atoms with Gasteiger partial charge in [0.1, 0.15) is 5.82 Å². The first kappa shape index (κ1) is 27.6. The Morgan fingerprint density at radius 3 is 2.33 bits per heavy atom. The largest absolute Gasteiger partial charge is 0.324 e. The Morgan fingerprint density at radius 2 is 1.85 bits per heavy atom. The topological polar surface area (TPSA) is 39.1 Å². The smallest absolute Gasteiger partial charge is 0.139 e. The van der Waals surface area contributed by atoms with E-state index in [-0.39, 0.29) is 22.8 Å². The Morgan fingerprint density at radius 1 is 1.21 bits per heavy atom. The molecule has 2 N–H and O–H groups in total. The Bertz CT molecular complexity index is 1000. The van der Waals surface area contributed by atoms with Gasteiger partial charge in [0.25, 0.3) is 0 Å². The summed E-state index contributed by atoms with van der Waals surface area (Å²) in [4.78, 5) is 2.08. The second kappa shape index (κ2) is 13.2. The summed E-state index contributed by atoms with van der Waals surface area (Å²) >= 11 is 0. The second-order valence-electron chi connectivity index (χ2n) is 8.68. The molecule has 0 spiro atoms. The Labute approximate surface area is 199 Å². The third-order valence-electron chi connectivity index (χ3n) is 5.19. The minimum absolute atomic E-state index is 0.0323. The van der Waals surface area contributed by atoms with Gasteiger partial charge in [0, 0.05) is 24.1 Å². The number of nitrogens with zero attached hydrogens (tertiary/aromatic N) is 1. The minimum atomic E-state index is -0.357. The number of nitrogens with one attached hydrogen (secondary N) is 2. The molecule has 2 rings (SSSR count). The van der Waals surface area contributed by atoms with E-state index in [0.29, 0.717) is 6.42 Å². The summed E-state index contributed by atoms with van der Waals surface area (Å²) in [7, 11) is 1.90. The van der Waals surface area contributed by atoms with Gasteiger partial charge in [-0.15, -0.1) is 6.42 Å². The van der Waals surface area contributed by atoms with Crippen molar-refractivity contribution >= 4 is 12.4 Å². The molecule has 0 aliphatic carbocycles. The quantitative estimate of drug-likeness (QED) is 0.273. The third kappa shape index (κ3) is 8.56. The summed E-state index contributed by atoms with van der Waals surface area (Å²) in [5, 5.41) is 8.78. The average Bonchev–Trinajstić information content (AvgIpc) is 2.81. The van der Waals surface area contributed by atoms with Crippen molar-refractivity contribution in [1.82, 2.24) is 5.32 Å². The predicted octanol–water partition coefficient (Wildman–Crippen LogP) is 6.61. The summed E-state index contributed by atoms with van der Waals surface area (Å²) in [6.07, 6.45) is 14.0. The van der Waals surface area contributed by atoms with Crippen molar-refractivity contribution in [3.05, 3.63) is 102 Å². The normalized spacial score (nSPS) is 12.5. The van der Waals surface area contributed by atoms with Crippen LogP contribution >= 0.6 is 0 Å². The Balaban J connectivity index is 0.00000265. The lowest BCUT2D eigenvalue weighted by Gasteiger charge is -2.22. The van der Waals surface area contributed by atoms with E-state index in [9.17, 15) is 4.39 Å². The first-order chi connectivity index (χ1) is 15.7. The van der Waals surface area contributed by atoms with E-state index >= 15 is 0 Å². The number of allylic oxidation sites excluding steroid dienone is 2. The number of likely N-dealkylation sites (N-methyl/N-ethyl adjacent to an activating group) is 1. The van der Waals surface area contributed by atoms with Gasteiger partial charge >= 0.3 is 0 Å². The van der Waals surface area contributed by atoms with Crippen LogP contribution in [0.3, 0.4) is 0 Å². The van der Waals surface area contributed by atoms with Crippen molar-refractivity contribution in [1.29, 1.82) is 5.41 Å². The first-order valence-corrected chi connectivity index (χ1v) is 10.8. The highest BCUT2D eigenvalue weighted by atomic mass is 19.1. The standard InChI is InChI=1S/C28H33FN2.CH3N/c1-8-21(3)20-31(26-14-12-24(13-15-26)28(4,5)6)17-16-25(30-7)18-22-10-11-23(9-2)27(29)19-22;1-2/h2,8,10-17,19-20,25,30H,1,18H2,3-7H3;2H,1H2/b17-16-,21-20+;. The number of halogens is 1. The number of hydrogen-bond donors (Lipinski definition) is 2. The lowest BCUT2D eigenvalue weighted by atomic mass is 9.87. The molecule has 3 nitrogen and oxygen atoms in total. The van der Waals surface area contributed by atoms with Gasteiger partial charge < -0.3 is 15.6 Å². The molecule has 0 aliphatic rings. The van der Waals surface area contributed by atoms with Gasteiger partial charge in [-0.3, -0.25) is 0 Å². The number of rotatable bonds is 8. The van der Waals surface area contributed by atoms with Crippen LogP contribution in [0.15, 0.2) is 79.2 Å². The van der Waals surface area contributed by atoms with Crippen LogP contribution in [0.25, 0.3) is 0 Å². The van der Waals surface area contributed by atoms with Gasteiger partial charge in [-0.05, 0) is 73.5 Å². The van der Waals surface area contributed by atoms with E-state index in [1.165, 1.54) is 11.6 Å². The maximum Gasteiger partial charge on any atom is 0.139 e. The van der Waals surface area contributed by atoms with E-state index in [0.717, 1.165) is 16.8 Å². The van der Waals surface area contributed by atoms with Crippen LogP contribution < -0.4 is 10.2 Å². The van der Waals surface area contributed by atoms with Crippen molar-refractivity contribution < 1.29 is 4.39 Å². The number of terminal acetylenes is 1. The molecule has 2 aromatic rings. The molecule has 0 heterocycles. The molecule has 0 aliphatic heterocycles. The molecule has 2 aromatic carbocycles. The molecule has 174 valence electrons. The molecule has 0 aromatic heterocycles. The van der Waals surface area contributed by atoms with Gasteiger partial charge in [0.2, 0.25) is 0 Å². The molecule has 33 heavy (non-hydrogen) atoms. The van der Waals surface area contributed by atoms with Crippen molar-refractivity contribution in [2.75, 3.05) is 11.9 Å². The van der Waals surface area contributed by atoms with E-state index in [1.807, 2.05) is 38.5 Å². The van der Waals surface area contributed by atoms with E-state index in [1.54, 1.807) is 6.07 Å². The Kier molecular flexibility index (Phi) is 11.0. The van der Waals surface area contributed by atoms with Crippen molar-refractivity contribution in [2.24, 2.45) is 0 Å². The molecule has 0 fully saturated rings. The lowest BCUT2D eigenvalue weighted by Crippen LogP contribution is -2.26. The molecule has 1 unspecified atom stereocenters. The monoisotopic (exact) mass is 445 g/mol. The summed E-state index contributed by atoms with van der Waals surface area (Å²) in [6, 6.07) is 13.7. The van der Waals surface area contributed by atoms with Crippen LogP contribution in [0.1, 0.15) is 44.4 Å². The second-order valence-corrected chi connectivity index (χ2v) is 8.68. The first-order valence-electron chi connectivity index (χ1n) is 10.8. The van der Waals surface area contributed by atoms with Crippen molar-refractivity contribution in [2.45, 2.75) is 45.6 Å². The summed E-state index contributed by atoms with van der Waals surface area (Å²) in [5.41, 5.74) is 4.68. The minimum Gasteiger partial charge on any atom is -0.324 e. The SMILES string of the molecule is C#Cc1ccc(CC(/C=C\N(/C=C(\C)C=C)c2ccc(C(C)(C)C)cc2)NC)cc1F.C=N. The Hall–Kier alpha value is -3.42. The van der Waals surface area contributed by atoms with Crippen LogP contribution in [-0.4, -0.2) is 19.8 Å². The molecule has 0 radical (unpaired) electrons. The maximum absolute atomic E-state index is 14.0. The van der Waals surface area contributed by atoms with Gasteiger partial charge in [-0.2, -0.15) is 0 Å². The molecular weight excluding hydrogens is 409 g/mol. The zero-order valence-electron chi connectivity index (χ0n) is 20.5. The summed E-state index contributed by atoms with van der Waals surface area (Å²) < 4.78 is 14.0. The average molecular weight is 446 g/mol. The van der Waals surface area contributed by atoms with Crippen molar-refractivity contribution in [3.63, 3.8) is 0 Å². The van der Waals surface area contributed by atoms with Crippen LogP contribution in [0.2, 0.25) is 0 Å². The van der Waals surface area contributed by atoms with E-state index in [4.69, 9.17) is 11.8 Å². The highest BCUT2D eigenvalue weighted by molar-refractivity contribution is 5.54. The fourth-order valence-corrected chi connectivity index (χ4v) is 3.13. The molecule has 0 amide bonds. The maximum atomic E-state index is 14.0. The molecule has 4 heteroatoms. The third-order valence-corrected chi connectivity index (χ3v) is 5.19. The van der Waals surface area contributed by atoms with E-state index in [2.05, 4.69) is 80.5 Å². The van der Waals surface area contributed by atoms with Crippen LogP contribution in [0.5, 0.6) is 0 Å². The van der Waals surface area contributed by atoms with Gasteiger partial charge in [0.15, 0.2) is 0 Å². The predicted molar refractivity (Wildman–Crippen MR) is 141 cm³/mol. The van der Waals surface area contributed by atoms with Crippen molar-refractivity contribution in [3.8, 4) is 12.3 Å². The van der Waals surface area contributed by atoms with Gasteiger partial charge in [-0.25, -0.2) is 4.39 Å². The summed E-state index contributed by atoms with van der Waals surface area (Å²) in [6.45, 7) is 15.0. The zero-order chi connectivity index (χ0) is 25.0. The molecule has 0 saturated heterocycles. The highest BCUT2D eigenvalue weighted by Gasteiger charge is 2.14. The lowest BCUT2D eigenvalue weighted by molar-refractivity contribution is 0.590. The molecular formula is C29H36FN3. The fraction of sp³-hybridized carbons (Fsp3) is 0.276. The van der Waals surface area contributed by atoms with Crippen LogP contribution in [0.4, 0.5) is 10.1 Å². The van der Waals surface area contributed by atoms with Gasteiger partial charge in [-0.1, -0.05) is 63.6 Å². The van der Waals surface area contributed by atoms with E-state index < -0.39 is 0 Å². The number of hydrogen-bond acceptors (Lipinski definition) is 3. The van der Waals surface area contributed by atoms with Crippen LogP contribution in [0, 0.1) is 23.6 Å². The van der Waals surface area contributed by atoms with Crippen LogP contribution in [-0.2, 0) is 11.8 Å².